The number of benzene rings is 2. The Kier molecular flexibility index (Phi) is 11.9. The molecule has 0 aromatic heterocycles. The van der Waals surface area contributed by atoms with E-state index in [9.17, 15) is 10.1 Å². The van der Waals surface area contributed by atoms with Crippen LogP contribution in [-0.2, 0) is 9.53 Å². The lowest BCUT2D eigenvalue weighted by Gasteiger charge is -2.20. The number of nitriles is 1. The molecule has 35 heavy (non-hydrogen) atoms. The Bertz CT molecular complexity index is 969. The average molecular weight is 478 g/mol. The zero-order valence-electron chi connectivity index (χ0n) is 21.6. The van der Waals surface area contributed by atoms with Gasteiger partial charge < -0.3 is 14.2 Å². The molecule has 5 nitrogen and oxygen atoms in total. The minimum absolute atomic E-state index is 0.0936. The second-order valence-corrected chi connectivity index (χ2v) is 9.31. The molecule has 188 valence electrons. The summed E-state index contributed by atoms with van der Waals surface area (Å²) in [6.07, 6.45) is 9.11. The summed E-state index contributed by atoms with van der Waals surface area (Å²) in [4.78, 5) is 11.9. The van der Waals surface area contributed by atoms with Gasteiger partial charge in [-0.1, -0.05) is 44.7 Å². The second kappa shape index (κ2) is 14.9. The Labute approximate surface area is 210 Å². The number of rotatable bonds is 15. The van der Waals surface area contributed by atoms with E-state index in [2.05, 4.69) is 6.07 Å². The highest BCUT2D eigenvalue weighted by Crippen LogP contribution is 2.23. The normalized spacial score (nSPS) is 11.6. The monoisotopic (exact) mass is 477 g/mol. The summed E-state index contributed by atoms with van der Waals surface area (Å²) in [5, 5.41) is 9.54. The van der Waals surface area contributed by atoms with Gasteiger partial charge in [0.15, 0.2) is 0 Å². The lowest BCUT2D eigenvalue weighted by molar-refractivity contribution is -0.154. The Hall–Kier alpha value is -3.26. The van der Waals surface area contributed by atoms with Crippen LogP contribution in [0.1, 0.15) is 76.8 Å². The number of carbonyl (C=O) groups is 1. The van der Waals surface area contributed by atoms with Gasteiger partial charge in [0.1, 0.15) is 11.5 Å². The Morgan fingerprint density at radius 2 is 1.46 bits per heavy atom. The molecule has 0 saturated heterocycles. The molecule has 0 heterocycles. The third kappa shape index (κ3) is 9.86. The topological polar surface area (TPSA) is 68.5 Å². The molecule has 0 spiro atoms. The summed E-state index contributed by atoms with van der Waals surface area (Å²) < 4.78 is 16.4. The van der Waals surface area contributed by atoms with Gasteiger partial charge >= 0.3 is 5.97 Å². The van der Waals surface area contributed by atoms with Gasteiger partial charge in [-0.25, -0.2) is 0 Å². The maximum absolute atomic E-state index is 11.9. The molecule has 0 aliphatic rings. The Morgan fingerprint density at radius 1 is 0.886 bits per heavy atom. The molecule has 5 heteroatoms. The van der Waals surface area contributed by atoms with Gasteiger partial charge in [-0.05, 0) is 86.7 Å². The predicted octanol–water partition coefficient (Wildman–Crippen LogP) is 7.46. The van der Waals surface area contributed by atoms with Crippen LogP contribution in [0.15, 0.2) is 48.5 Å². The van der Waals surface area contributed by atoms with Gasteiger partial charge in [0, 0.05) is 0 Å². The van der Waals surface area contributed by atoms with Crippen LogP contribution in [-0.4, -0.2) is 26.3 Å². The van der Waals surface area contributed by atoms with Crippen LogP contribution in [0, 0.1) is 16.7 Å². The fraction of sp³-hybridized carbons (Fsp3) is 0.467. The highest BCUT2D eigenvalue weighted by molar-refractivity contribution is 5.89. The summed E-state index contributed by atoms with van der Waals surface area (Å²) in [6, 6.07) is 17.5. The number of allylic oxidation sites excluding steroid dienone is 1. The minimum atomic E-state index is -0.381. The fourth-order valence-corrected chi connectivity index (χ4v) is 3.38. The number of carbonyl (C=O) groups excluding carboxylic acids is 1. The van der Waals surface area contributed by atoms with Gasteiger partial charge in [0.2, 0.25) is 0 Å². The van der Waals surface area contributed by atoms with E-state index in [1.165, 1.54) is 0 Å². The molecule has 0 bridgehead atoms. The molecule has 0 saturated carbocycles. The van der Waals surface area contributed by atoms with Crippen molar-refractivity contribution in [2.45, 2.75) is 65.7 Å². The molecule has 0 fully saturated rings. The van der Waals surface area contributed by atoms with Crippen molar-refractivity contribution in [1.29, 1.82) is 5.26 Å². The second-order valence-electron chi connectivity index (χ2n) is 9.31. The number of nitrogens with zero attached hydrogens (tertiary/aromatic N) is 1. The van der Waals surface area contributed by atoms with Crippen molar-refractivity contribution in [1.82, 2.24) is 0 Å². The van der Waals surface area contributed by atoms with E-state index >= 15 is 0 Å². The van der Waals surface area contributed by atoms with Gasteiger partial charge in [-0.15, -0.1) is 0 Å². The molecule has 0 unspecified atom stereocenters. The van der Waals surface area contributed by atoms with Crippen molar-refractivity contribution in [3.8, 4) is 17.6 Å². The molecule has 0 N–H and O–H groups in total. The van der Waals surface area contributed by atoms with Crippen LogP contribution in [0.5, 0.6) is 11.5 Å². The highest BCUT2D eigenvalue weighted by atomic mass is 16.5. The molecule has 2 aromatic carbocycles. The third-order valence-electron chi connectivity index (χ3n) is 6.19. The molecule has 2 rings (SSSR count). The summed E-state index contributed by atoms with van der Waals surface area (Å²) in [5.74, 6) is 1.51. The van der Waals surface area contributed by atoms with Crippen LogP contribution in [0.25, 0.3) is 11.6 Å². The standard InChI is InChI=1S/C30H39NO4/c1-5-30(2,3)29(32)35-21-11-9-7-6-8-10-20-34-28-16-12-24(13-17-28)22-26(23-31)25-14-18-27(33-4)19-15-25/h12-19,22H,5-11,20-21H2,1-4H3/b26-22+. The van der Waals surface area contributed by atoms with Gasteiger partial charge in [0.05, 0.1) is 37.4 Å². The molecule has 0 aliphatic heterocycles. The fourth-order valence-electron chi connectivity index (χ4n) is 3.38. The number of ether oxygens (including phenoxy) is 3. The molecule has 0 aliphatic carbocycles. The van der Waals surface area contributed by atoms with Crippen molar-refractivity contribution in [3.05, 3.63) is 59.7 Å². The summed E-state index contributed by atoms with van der Waals surface area (Å²) >= 11 is 0. The quantitative estimate of drug-likeness (QED) is 0.115. The first-order valence-corrected chi connectivity index (χ1v) is 12.6. The van der Waals surface area contributed by atoms with Crippen molar-refractivity contribution in [2.75, 3.05) is 20.3 Å². The first-order chi connectivity index (χ1) is 16.9. The van der Waals surface area contributed by atoms with Crippen LogP contribution in [0.3, 0.4) is 0 Å². The lowest BCUT2D eigenvalue weighted by atomic mass is 9.91. The lowest BCUT2D eigenvalue weighted by Crippen LogP contribution is -2.26. The minimum Gasteiger partial charge on any atom is -0.497 e. The van der Waals surface area contributed by atoms with E-state index < -0.39 is 0 Å². The number of methoxy groups -OCH3 is 1. The van der Waals surface area contributed by atoms with E-state index in [1.54, 1.807) is 7.11 Å². The van der Waals surface area contributed by atoms with E-state index in [4.69, 9.17) is 14.2 Å². The number of hydrogen-bond donors (Lipinski definition) is 0. The predicted molar refractivity (Wildman–Crippen MR) is 141 cm³/mol. The molecule has 0 radical (unpaired) electrons. The average Bonchev–Trinajstić information content (AvgIpc) is 2.89. The number of unbranched alkanes of at least 4 members (excludes halogenated alkanes) is 5. The zero-order chi connectivity index (χ0) is 25.5. The zero-order valence-corrected chi connectivity index (χ0v) is 21.6. The van der Waals surface area contributed by atoms with Crippen molar-refractivity contribution in [3.63, 3.8) is 0 Å². The van der Waals surface area contributed by atoms with E-state index in [-0.39, 0.29) is 11.4 Å². The van der Waals surface area contributed by atoms with Crippen molar-refractivity contribution >= 4 is 17.6 Å². The number of hydrogen-bond acceptors (Lipinski definition) is 5. The number of esters is 1. The van der Waals surface area contributed by atoms with Gasteiger partial charge in [0.25, 0.3) is 0 Å². The maximum atomic E-state index is 11.9. The SMILES string of the molecule is CCC(C)(C)C(=O)OCCCCCCCCOc1ccc(/C=C(\C#N)c2ccc(OC)cc2)cc1. The molecule has 2 aromatic rings. The van der Waals surface area contributed by atoms with Gasteiger partial charge in [-0.2, -0.15) is 5.26 Å². The maximum Gasteiger partial charge on any atom is 0.311 e. The van der Waals surface area contributed by atoms with Crippen molar-refractivity contribution < 1.29 is 19.0 Å². The van der Waals surface area contributed by atoms with E-state index in [0.29, 0.717) is 18.8 Å². The summed E-state index contributed by atoms with van der Waals surface area (Å²) in [5.41, 5.74) is 2.03. The largest absolute Gasteiger partial charge is 0.497 e. The van der Waals surface area contributed by atoms with E-state index in [1.807, 2.05) is 75.4 Å². The smallest absolute Gasteiger partial charge is 0.311 e. The Balaban J connectivity index is 1.62. The van der Waals surface area contributed by atoms with Gasteiger partial charge in [-0.3, -0.25) is 4.79 Å². The summed E-state index contributed by atoms with van der Waals surface area (Å²) in [7, 11) is 1.62. The van der Waals surface area contributed by atoms with Crippen LogP contribution >= 0.6 is 0 Å². The molecule has 0 amide bonds. The van der Waals surface area contributed by atoms with Crippen molar-refractivity contribution in [2.24, 2.45) is 5.41 Å². The Morgan fingerprint density at radius 3 is 2.03 bits per heavy atom. The molecular weight excluding hydrogens is 438 g/mol. The summed E-state index contributed by atoms with van der Waals surface area (Å²) in [6.45, 7) is 7.07. The van der Waals surface area contributed by atoms with E-state index in [0.717, 1.165) is 67.6 Å². The van der Waals surface area contributed by atoms with Crippen LogP contribution < -0.4 is 9.47 Å². The molecular formula is C30H39NO4. The third-order valence-corrected chi connectivity index (χ3v) is 6.19. The van der Waals surface area contributed by atoms with Crippen LogP contribution in [0.2, 0.25) is 0 Å². The van der Waals surface area contributed by atoms with Crippen LogP contribution in [0.4, 0.5) is 0 Å². The molecule has 0 atom stereocenters. The first-order valence-electron chi connectivity index (χ1n) is 12.6. The first kappa shape index (κ1) is 28.0. The highest BCUT2D eigenvalue weighted by Gasteiger charge is 2.26.